The highest BCUT2D eigenvalue weighted by Gasteiger charge is 2.10. The van der Waals surface area contributed by atoms with Crippen molar-refractivity contribution in [1.29, 1.82) is 0 Å². The minimum atomic E-state index is 0.640. The lowest BCUT2D eigenvalue weighted by atomic mass is 9.99. The Morgan fingerprint density at radius 3 is 2.26 bits per heavy atom. The highest BCUT2D eigenvalue weighted by atomic mass is 79.9. The van der Waals surface area contributed by atoms with Gasteiger partial charge in [0.25, 0.3) is 0 Å². The second-order valence-electron chi connectivity index (χ2n) is 4.15. The van der Waals surface area contributed by atoms with Gasteiger partial charge in [0, 0.05) is 10.0 Å². The molecular formula is C14H11BrN4. The summed E-state index contributed by atoms with van der Waals surface area (Å²) in [5.74, 6) is 0.640. The lowest BCUT2D eigenvalue weighted by Gasteiger charge is -2.06. The molecule has 0 aliphatic heterocycles. The third kappa shape index (κ3) is 2.42. The van der Waals surface area contributed by atoms with Crippen LogP contribution in [0.25, 0.3) is 22.5 Å². The molecule has 0 aliphatic carbocycles. The van der Waals surface area contributed by atoms with Crippen LogP contribution in [0.4, 0.5) is 0 Å². The minimum absolute atomic E-state index is 0.640. The summed E-state index contributed by atoms with van der Waals surface area (Å²) in [6.07, 6.45) is 0. The largest absolute Gasteiger partial charge is 0.205 e. The molecule has 0 bridgehead atoms. The Kier molecular flexibility index (Phi) is 3.13. The fourth-order valence-electron chi connectivity index (χ4n) is 1.95. The molecule has 0 spiro atoms. The van der Waals surface area contributed by atoms with Gasteiger partial charge in [0.15, 0.2) is 0 Å². The van der Waals surface area contributed by atoms with Crippen LogP contribution < -0.4 is 0 Å². The van der Waals surface area contributed by atoms with Gasteiger partial charge >= 0.3 is 0 Å². The Bertz CT molecular complexity index is 703. The molecule has 0 amide bonds. The van der Waals surface area contributed by atoms with Crippen LogP contribution in [0.5, 0.6) is 0 Å². The summed E-state index contributed by atoms with van der Waals surface area (Å²) >= 11 is 3.45. The van der Waals surface area contributed by atoms with Crippen molar-refractivity contribution in [2.45, 2.75) is 0 Å². The summed E-state index contributed by atoms with van der Waals surface area (Å²) in [5, 5.41) is 12.2. The van der Waals surface area contributed by atoms with E-state index in [0.717, 1.165) is 21.2 Å². The Balaban J connectivity index is 2.14. The molecule has 94 valence electrons. The number of rotatable bonds is 2. The second-order valence-corrected chi connectivity index (χ2v) is 5.07. The number of nitrogens with zero attached hydrogens (tertiary/aromatic N) is 4. The van der Waals surface area contributed by atoms with Gasteiger partial charge in [-0.3, -0.25) is 0 Å². The Morgan fingerprint density at radius 2 is 1.63 bits per heavy atom. The maximum atomic E-state index is 4.27. The molecular weight excluding hydrogens is 304 g/mol. The van der Waals surface area contributed by atoms with Crippen LogP contribution in [0, 0.1) is 0 Å². The third-order valence-corrected chi connectivity index (χ3v) is 3.36. The minimum Gasteiger partial charge on any atom is -0.167 e. The van der Waals surface area contributed by atoms with Crippen LogP contribution in [-0.2, 0) is 7.05 Å². The van der Waals surface area contributed by atoms with Gasteiger partial charge in [-0.25, -0.2) is 0 Å². The summed E-state index contributed by atoms with van der Waals surface area (Å²) in [6.45, 7) is 0. The molecule has 0 unspecified atom stereocenters. The van der Waals surface area contributed by atoms with E-state index < -0.39 is 0 Å². The number of aromatic nitrogens is 4. The van der Waals surface area contributed by atoms with E-state index in [1.54, 1.807) is 7.05 Å². The quantitative estimate of drug-likeness (QED) is 0.729. The van der Waals surface area contributed by atoms with E-state index in [4.69, 9.17) is 0 Å². The van der Waals surface area contributed by atoms with Gasteiger partial charge in [-0.15, -0.1) is 10.2 Å². The highest BCUT2D eigenvalue weighted by Crippen LogP contribution is 2.30. The molecule has 0 aliphatic rings. The molecule has 0 radical (unpaired) electrons. The second kappa shape index (κ2) is 4.93. The zero-order valence-electron chi connectivity index (χ0n) is 10.3. The molecule has 19 heavy (non-hydrogen) atoms. The SMILES string of the molecule is Cn1nnc(-c2ccccc2-c2ccc(Br)cc2)n1. The molecule has 0 atom stereocenters. The van der Waals surface area contributed by atoms with Gasteiger partial charge in [0.05, 0.1) is 7.05 Å². The van der Waals surface area contributed by atoms with Gasteiger partial charge in [0.1, 0.15) is 0 Å². The molecule has 4 nitrogen and oxygen atoms in total. The number of hydrogen-bond acceptors (Lipinski definition) is 3. The smallest absolute Gasteiger partial charge is 0.167 e. The summed E-state index contributed by atoms with van der Waals surface area (Å²) in [5.41, 5.74) is 3.21. The first-order valence-corrected chi connectivity index (χ1v) is 6.63. The van der Waals surface area contributed by atoms with E-state index in [1.165, 1.54) is 4.80 Å². The topological polar surface area (TPSA) is 43.6 Å². The van der Waals surface area contributed by atoms with Crippen LogP contribution >= 0.6 is 15.9 Å². The summed E-state index contributed by atoms with van der Waals surface area (Å²) in [6, 6.07) is 16.2. The molecule has 2 aromatic carbocycles. The summed E-state index contributed by atoms with van der Waals surface area (Å²) < 4.78 is 1.06. The van der Waals surface area contributed by atoms with Crippen molar-refractivity contribution in [3.05, 3.63) is 53.0 Å². The number of tetrazole rings is 1. The lowest BCUT2D eigenvalue weighted by molar-refractivity contribution is 0.630. The lowest BCUT2D eigenvalue weighted by Crippen LogP contribution is -1.92. The third-order valence-electron chi connectivity index (χ3n) is 2.83. The van der Waals surface area contributed by atoms with E-state index in [-0.39, 0.29) is 0 Å². The zero-order chi connectivity index (χ0) is 13.2. The number of benzene rings is 2. The first-order chi connectivity index (χ1) is 9.24. The highest BCUT2D eigenvalue weighted by molar-refractivity contribution is 9.10. The van der Waals surface area contributed by atoms with Gasteiger partial charge in [-0.05, 0) is 28.5 Å². The maximum Gasteiger partial charge on any atom is 0.205 e. The normalized spacial score (nSPS) is 10.6. The van der Waals surface area contributed by atoms with Crippen molar-refractivity contribution in [3.8, 4) is 22.5 Å². The van der Waals surface area contributed by atoms with Crippen molar-refractivity contribution in [2.75, 3.05) is 0 Å². The van der Waals surface area contributed by atoms with Gasteiger partial charge in [0.2, 0.25) is 5.82 Å². The fraction of sp³-hybridized carbons (Fsp3) is 0.0714. The molecule has 3 rings (SSSR count). The van der Waals surface area contributed by atoms with Crippen LogP contribution in [0.3, 0.4) is 0 Å². The Labute approximate surface area is 119 Å². The van der Waals surface area contributed by atoms with Gasteiger partial charge in [-0.1, -0.05) is 52.3 Å². The van der Waals surface area contributed by atoms with Crippen molar-refractivity contribution >= 4 is 15.9 Å². The number of aryl methyl sites for hydroxylation is 1. The molecule has 3 aromatic rings. The average molecular weight is 315 g/mol. The van der Waals surface area contributed by atoms with Gasteiger partial charge in [-0.2, -0.15) is 4.80 Å². The average Bonchev–Trinajstić information content (AvgIpc) is 2.86. The maximum absolute atomic E-state index is 4.27. The summed E-state index contributed by atoms with van der Waals surface area (Å²) in [4.78, 5) is 1.47. The molecule has 1 aromatic heterocycles. The number of hydrogen-bond donors (Lipinski definition) is 0. The Morgan fingerprint density at radius 1 is 0.947 bits per heavy atom. The molecule has 0 saturated carbocycles. The van der Waals surface area contributed by atoms with Crippen molar-refractivity contribution in [3.63, 3.8) is 0 Å². The predicted octanol–water partition coefficient (Wildman–Crippen LogP) is 3.31. The molecule has 0 N–H and O–H groups in total. The van der Waals surface area contributed by atoms with E-state index >= 15 is 0 Å². The van der Waals surface area contributed by atoms with Crippen molar-refractivity contribution in [2.24, 2.45) is 7.05 Å². The van der Waals surface area contributed by atoms with Crippen molar-refractivity contribution in [1.82, 2.24) is 20.2 Å². The molecule has 0 fully saturated rings. The standard InChI is InChI=1S/C14H11BrN4/c1-19-17-14(16-18-19)13-5-3-2-4-12(13)10-6-8-11(15)9-7-10/h2-9H,1H3. The van der Waals surface area contributed by atoms with Crippen LogP contribution in [-0.4, -0.2) is 20.2 Å². The van der Waals surface area contributed by atoms with Crippen LogP contribution in [0.15, 0.2) is 53.0 Å². The van der Waals surface area contributed by atoms with E-state index in [9.17, 15) is 0 Å². The number of halogens is 1. The van der Waals surface area contributed by atoms with Crippen LogP contribution in [0.2, 0.25) is 0 Å². The summed E-state index contributed by atoms with van der Waals surface area (Å²) in [7, 11) is 1.76. The predicted molar refractivity (Wildman–Crippen MR) is 77.4 cm³/mol. The van der Waals surface area contributed by atoms with E-state index in [1.807, 2.05) is 30.3 Å². The first-order valence-electron chi connectivity index (χ1n) is 5.83. The molecule has 5 heteroatoms. The fourth-order valence-corrected chi connectivity index (χ4v) is 2.22. The molecule has 1 heterocycles. The van der Waals surface area contributed by atoms with E-state index in [2.05, 4.69) is 49.5 Å². The zero-order valence-corrected chi connectivity index (χ0v) is 11.9. The molecule has 0 saturated heterocycles. The van der Waals surface area contributed by atoms with Crippen molar-refractivity contribution < 1.29 is 0 Å². The van der Waals surface area contributed by atoms with E-state index in [0.29, 0.717) is 5.82 Å². The monoisotopic (exact) mass is 314 g/mol. The van der Waals surface area contributed by atoms with Gasteiger partial charge < -0.3 is 0 Å². The Hall–Kier alpha value is -2.01. The van der Waals surface area contributed by atoms with Crippen LogP contribution in [0.1, 0.15) is 0 Å². The first kappa shape index (κ1) is 12.0.